The maximum absolute atomic E-state index is 12.8. The summed E-state index contributed by atoms with van der Waals surface area (Å²) in [4.78, 5) is 11.5. The summed E-state index contributed by atoms with van der Waals surface area (Å²) in [7, 11) is 0. The lowest BCUT2D eigenvalue weighted by atomic mass is 9.98. The number of amides is 1. The molecule has 3 N–H and O–H groups in total. The van der Waals surface area contributed by atoms with Gasteiger partial charge in [-0.25, -0.2) is 4.39 Å². The Morgan fingerprint density at radius 1 is 1.47 bits per heavy atom. The van der Waals surface area contributed by atoms with E-state index in [2.05, 4.69) is 5.32 Å². The molecule has 2 atom stereocenters. The first kappa shape index (κ1) is 14.3. The van der Waals surface area contributed by atoms with E-state index >= 15 is 0 Å². The molecule has 1 saturated heterocycles. The lowest BCUT2D eigenvalue weighted by Crippen LogP contribution is -2.39. The summed E-state index contributed by atoms with van der Waals surface area (Å²) in [5, 5.41) is 3.40. The molecule has 5 heteroatoms. The third-order valence-electron chi connectivity index (χ3n) is 3.38. The summed E-state index contributed by atoms with van der Waals surface area (Å²) < 4.78 is 12.8. The predicted octanol–water partition coefficient (Wildman–Crippen LogP) is 1.56. The Kier molecular flexibility index (Phi) is 5.22. The standard InChI is InChI=1S/C14H19FN2OS/c15-12-3-1-10(2-4-12)7-11(14(16)18)8-17-13-5-6-19-9-13/h1-4,11,13,17H,5-9H2,(H2,16,18). The molecule has 0 aliphatic carbocycles. The summed E-state index contributed by atoms with van der Waals surface area (Å²) >= 11 is 1.93. The number of benzene rings is 1. The number of hydrogen-bond donors (Lipinski definition) is 2. The smallest absolute Gasteiger partial charge is 0.222 e. The Labute approximate surface area is 117 Å². The van der Waals surface area contributed by atoms with Crippen molar-refractivity contribution in [1.29, 1.82) is 0 Å². The average Bonchev–Trinajstić information content (AvgIpc) is 2.89. The molecule has 0 bridgehead atoms. The molecule has 1 aromatic carbocycles. The van der Waals surface area contributed by atoms with Gasteiger partial charge in [-0.1, -0.05) is 12.1 Å². The Balaban J connectivity index is 1.88. The normalized spacial score (nSPS) is 20.4. The van der Waals surface area contributed by atoms with Gasteiger partial charge in [0.05, 0.1) is 5.92 Å². The van der Waals surface area contributed by atoms with Crippen molar-refractivity contribution in [3.63, 3.8) is 0 Å². The van der Waals surface area contributed by atoms with E-state index in [4.69, 9.17) is 5.73 Å². The highest BCUT2D eigenvalue weighted by Gasteiger charge is 2.20. The minimum absolute atomic E-state index is 0.240. The van der Waals surface area contributed by atoms with Crippen LogP contribution in [0.1, 0.15) is 12.0 Å². The third kappa shape index (κ3) is 4.51. The summed E-state index contributed by atoms with van der Waals surface area (Å²) in [5.41, 5.74) is 6.38. The van der Waals surface area contributed by atoms with Crippen molar-refractivity contribution in [3.8, 4) is 0 Å². The Bertz CT molecular complexity index is 418. The van der Waals surface area contributed by atoms with Crippen LogP contribution in [0.15, 0.2) is 24.3 Å². The maximum atomic E-state index is 12.8. The molecule has 3 nitrogen and oxygen atoms in total. The highest BCUT2D eigenvalue weighted by atomic mass is 32.2. The Morgan fingerprint density at radius 3 is 2.79 bits per heavy atom. The second kappa shape index (κ2) is 6.91. The van der Waals surface area contributed by atoms with Gasteiger partial charge in [-0.05, 0) is 36.3 Å². The zero-order valence-corrected chi connectivity index (χ0v) is 11.6. The predicted molar refractivity (Wildman–Crippen MR) is 76.5 cm³/mol. The van der Waals surface area contributed by atoms with Crippen LogP contribution < -0.4 is 11.1 Å². The fourth-order valence-electron chi connectivity index (χ4n) is 2.18. The zero-order valence-electron chi connectivity index (χ0n) is 10.8. The van der Waals surface area contributed by atoms with Crippen molar-refractivity contribution in [1.82, 2.24) is 5.32 Å². The second-order valence-electron chi connectivity index (χ2n) is 4.90. The highest BCUT2D eigenvalue weighted by Crippen LogP contribution is 2.17. The van der Waals surface area contributed by atoms with Crippen LogP contribution in [0.2, 0.25) is 0 Å². The number of carbonyl (C=O) groups excluding carboxylic acids is 1. The average molecular weight is 282 g/mol. The van der Waals surface area contributed by atoms with Crippen LogP contribution in [-0.4, -0.2) is 30.0 Å². The molecular formula is C14H19FN2OS. The first-order valence-electron chi connectivity index (χ1n) is 6.50. The van der Waals surface area contributed by atoms with E-state index in [-0.39, 0.29) is 17.6 Å². The zero-order chi connectivity index (χ0) is 13.7. The molecule has 0 saturated carbocycles. The summed E-state index contributed by atoms with van der Waals surface area (Å²) in [6.45, 7) is 0.595. The van der Waals surface area contributed by atoms with Crippen molar-refractivity contribution in [2.75, 3.05) is 18.1 Å². The SMILES string of the molecule is NC(=O)C(CNC1CCSC1)Cc1ccc(F)cc1. The molecule has 2 unspecified atom stereocenters. The number of rotatable bonds is 6. The van der Waals surface area contributed by atoms with Gasteiger partial charge >= 0.3 is 0 Å². The minimum atomic E-state index is -0.303. The molecule has 0 aromatic heterocycles. The molecule has 0 spiro atoms. The van der Waals surface area contributed by atoms with Gasteiger partial charge in [0.2, 0.25) is 5.91 Å². The topological polar surface area (TPSA) is 55.1 Å². The number of nitrogens with one attached hydrogen (secondary N) is 1. The molecule has 1 aromatic rings. The van der Waals surface area contributed by atoms with Gasteiger partial charge in [0.25, 0.3) is 0 Å². The summed E-state index contributed by atoms with van der Waals surface area (Å²) in [5.74, 6) is 1.47. The Morgan fingerprint density at radius 2 is 2.21 bits per heavy atom. The lowest BCUT2D eigenvalue weighted by Gasteiger charge is -2.17. The first-order chi connectivity index (χ1) is 9.15. The van der Waals surface area contributed by atoms with E-state index in [0.29, 0.717) is 19.0 Å². The van der Waals surface area contributed by atoms with Crippen LogP contribution in [-0.2, 0) is 11.2 Å². The molecular weight excluding hydrogens is 263 g/mol. The minimum Gasteiger partial charge on any atom is -0.369 e. The molecule has 1 amide bonds. The number of halogens is 1. The van der Waals surface area contributed by atoms with Crippen molar-refractivity contribution < 1.29 is 9.18 Å². The number of nitrogens with two attached hydrogens (primary N) is 1. The highest BCUT2D eigenvalue weighted by molar-refractivity contribution is 7.99. The van der Waals surface area contributed by atoms with Crippen molar-refractivity contribution in [3.05, 3.63) is 35.6 Å². The van der Waals surface area contributed by atoms with Crippen LogP contribution in [0.3, 0.4) is 0 Å². The van der Waals surface area contributed by atoms with Gasteiger partial charge < -0.3 is 11.1 Å². The molecule has 19 heavy (non-hydrogen) atoms. The number of carbonyl (C=O) groups is 1. The fraction of sp³-hybridized carbons (Fsp3) is 0.500. The molecule has 1 fully saturated rings. The van der Waals surface area contributed by atoms with Gasteiger partial charge in [-0.15, -0.1) is 0 Å². The molecule has 2 rings (SSSR count). The van der Waals surface area contributed by atoms with E-state index in [1.54, 1.807) is 12.1 Å². The first-order valence-corrected chi connectivity index (χ1v) is 7.65. The fourth-order valence-corrected chi connectivity index (χ4v) is 3.37. The summed E-state index contributed by atoms with van der Waals surface area (Å²) in [6.07, 6.45) is 1.70. The van der Waals surface area contributed by atoms with Crippen molar-refractivity contribution in [2.45, 2.75) is 18.9 Å². The number of primary amides is 1. The number of thioether (sulfide) groups is 1. The lowest BCUT2D eigenvalue weighted by molar-refractivity contribution is -0.121. The summed E-state index contributed by atoms with van der Waals surface area (Å²) in [6, 6.07) is 6.72. The maximum Gasteiger partial charge on any atom is 0.222 e. The molecule has 1 heterocycles. The van der Waals surface area contributed by atoms with Crippen LogP contribution in [0, 0.1) is 11.7 Å². The quantitative estimate of drug-likeness (QED) is 0.832. The molecule has 1 aliphatic rings. The van der Waals surface area contributed by atoms with Gasteiger partial charge in [-0.2, -0.15) is 11.8 Å². The van der Waals surface area contributed by atoms with E-state index in [9.17, 15) is 9.18 Å². The van der Waals surface area contributed by atoms with Crippen molar-refractivity contribution in [2.24, 2.45) is 11.7 Å². The van der Waals surface area contributed by atoms with Gasteiger partial charge in [0.1, 0.15) is 5.82 Å². The largest absolute Gasteiger partial charge is 0.369 e. The van der Waals surface area contributed by atoms with Gasteiger partial charge in [-0.3, -0.25) is 4.79 Å². The van der Waals surface area contributed by atoms with E-state index in [1.807, 2.05) is 11.8 Å². The van der Waals surface area contributed by atoms with E-state index in [1.165, 1.54) is 17.9 Å². The molecule has 1 aliphatic heterocycles. The van der Waals surface area contributed by atoms with Crippen LogP contribution in [0.5, 0.6) is 0 Å². The number of hydrogen-bond acceptors (Lipinski definition) is 3. The molecule has 104 valence electrons. The van der Waals surface area contributed by atoms with Gasteiger partial charge in [0.15, 0.2) is 0 Å². The van der Waals surface area contributed by atoms with Crippen LogP contribution >= 0.6 is 11.8 Å². The third-order valence-corrected chi connectivity index (χ3v) is 4.54. The van der Waals surface area contributed by atoms with E-state index < -0.39 is 0 Å². The Hall–Kier alpha value is -1.07. The van der Waals surface area contributed by atoms with Crippen LogP contribution in [0.4, 0.5) is 4.39 Å². The second-order valence-corrected chi connectivity index (χ2v) is 6.05. The monoisotopic (exact) mass is 282 g/mol. The van der Waals surface area contributed by atoms with Crippen molar-refractivity contribution >= 4 is 17.7 Å². The van der Waals surface area contributed by atoms with E-state index in [0.717, 1.165) is 17.7 Å². The van der Waals surface area contributed by atoms with Crippen LogP contribution in [0.25, 0.3) is 0 Å². The molecule has 0 radical (unpaired) electrons. The van der Waals surface area contributed by atoms with Gasteiger partial charge in [0, 0.05) is 18.3 Å².